The van der Waals surface area contributed by atoms with E-state index in [1.54, 1.807) is 6.07 Å². The molecule has 0 aliphatic heterocycles. The first kappa shape index (κ1) is 20.0. The van der Waals surface area contributed by atoms with Crippen LogP contribution in [0.3, 0.4) is 0 Å². The van der Waals surface area contributed by atoms with Crippen LogP contribution in [0.15, 0.2) is 33.6 Å². The summed E-state index contributed by atoms with van der Waals surface area (Å²) in [5.41, 5.74) is 0.441. The first-order valence-corrected chi connectivity index (χ1v) is 10.7. The van der Waals surface area contributed by atoms with E-state index in [2.05, 4.69) is 15.9 Å². The van der Waals surface area contributed by atoms with Gasteiger partial charge in [0, 0.05) is 11.6 Å². The predicted octanol–water partition coefficient (Wildman–Crippen LogP) is 4.23. The van der Waals surface area contributed by atoms with Crippen molar-refractivity contribution in [2.75, 3.05) is 0 Å². The molecule has 0 aromatic heterocycles. The van der Waals surface area contributed by atoms with Crippen molar-refractivity contribution in [2.24, 2.45) is 5.14 Å². The predicted molar refractivity (Wildman–Crippen MR) is 99.2 cm³/mol. The van der Waals surface area contributed by atoms with Gasteiger partial charge in [0.2, 0.25) is 10.0 Å². The first-order valence-electron chi connectivity index (χ1n) is 8.31. The Morgan fingerprint density at radius 1 is 1.04 bits per heavy atom. The lowest BCUT2D eigenvalue weighted by Crippen LogP contribution is -2.22. The lowest BCUT2D eigenvalue weighted by Gasteiger charge is -2.30. The maximum absolute atomic E-state index is 14.7. The summed E-state index contributed by atoms with van der Waals surface area (Å²) in [7, 11) is -4.43. The normalized spacial score (nSPS) is 20.6. The quantitative estimate of drug-likeness (QED) is 0.595. The molecule has 3 rings (SSSR count). The van der Waals surface area contributed by atoms with Crippen molar-refractivity contribution in [2.45, 2.75) is 42.4 Å². The van der Waals surface area contributed by atoms with E-state index in [1.165, 1.54) is 12.1 Å². The van der Waals surface area contributed by atoms with Crippen LogP contribution >= 0.6 is 15.9 Å². The molecule has 0 amide bonds. The molecule has 0 bridgehead atoms. The molecule has 9 heteroatoms. The van der Waals surface area contributed by atoms with Gasteiger partial charge in [-0.3, -0.25) is 0 Å². The zero-order chi connectivity index (χ0) is 19.9. The van der Waals surface area contributed by atoms with Crippen molar-refractivity contribution < 1.29 is 27.4 Å². The molecule has 1 aliphatic carbocycles. The van der Waals surface area contributed by atoms with Crippen LogP contribution in [-0.4, -0.2) is 18.6 Å². The Bertz CT molecular complexity index is 989. The molecule has 146 valence electrons. The zero-order valence-electron chi connectivity index (χ0n) is 14.1. The van der Waals surface area contributed by atoms with Crippen molar-refractivity contribution in [1.29, 1.82) is 0 Å². The molecule has 2 aromatic rings. The van der Waals surface area contributed by atoms with Crippen molar-refractivity contribution >= 4 is 26.0 Å². The second kappa shape index (κ2) is 7.37. The SMILES string of the molecule is NS(=O)(=O)c1c(F)cc(Br)c(F)c1C1CCC(c2ccc(O)cc2O)CC1. The van der Waals surface area contributed by atoms with Crippen LogP contribution in [-0.2, 0) is 10.0 Å². The number of primary sulfonamides is 1. The van der Waals surface area contributed by atoms with Crippen LogP contribution in [0.2, 0.25) is 0 Å². The van der Waals surface area contributed by atoms with Crippen LogP contribution in [0.1, 0.15) is 48.6 Å². The third-order valence-electron chi connectivity index (χ3n) is 5.03. The lowest BCUT2D eigenvalue weighted by atomic mass is 9.76. The van der Waals surface area contributed by atoms with Gasteiger partial charge in [0.25, 0.3) is 0 Å². The molecule has 0 spiro atoms. The molecule has 4 N–H and O–H groups in total. The van der Waals surface area contributed by atoms with Crippen LogP contribution in [0.25, 0.3) is 0 Å². The van der Waals surface area contributed by atoms with E-state index in [0.29, 0.717) is 31.2 Å². The number of halogens is 3. The van der Waals surface area contributed by atoms with Crippen molar-refractivity contribution in [3.05, 3.63) is 51.5 Å². The van der Waals surface area contributed by atoms with Gasteiger partial charge in [0.1, 0.15) is 28.0 Å². The Balaban J connectivity index is 1.93. The van der Waals surface area contributed by atoms with Gasteiger partial charge in [-0.1, -0.05) is 6.07 Å². The maximum Gasteiger partial charge on any atom is 0.241 e. The summed E-state index contributed by atoms with van der Waals surface area (Å²) < 4.78 is 52.5. The number of aromatic hydroxyl groups is 2. The van der Waals surface area contributed by atoms with E-state index in [9.17, 15) is 27.4 Å². The molecule has 0 unspecified atom stereocenters. The van der Waals surface area contributed by atoms with Gasteiger partial charge in [0.15, 0.2) is 0 Å². The molecule has 0 heterocycles. The molecule has 0 saturated heterocycles. The minimum Gasteiger partial charge on any atom is -0.508 e. The topological polar surface area (TPSA) is 101 Å². The highest BCUT2D eigenvalue weighted by atomic mass is 79.9. The molecule has 1 fully saturated rings. The average Bonchev–Trinajstić information content (AvgIpc) is 2.57. The Morgan fingerprint density at radius 3 is 2.19 bits per heavy atom. The van der Waals surface area contributed by atoms with E-state index in [0.717, 1.165) is 6.07 Å². The number of phenols is 2. The number of sulfonamides is 1. The Kier molecular flexibility index (Phi) is 5.47. The van der Waals surface area contributed by atoms with Gasteiger partial charge in [0.05, 0.1) is 4.47 Å². The summed E-state index contributed by atoms with van der Waals surface area (Å²) in [4.78, 5) is -0.792. The van der Waals surface area contributed by atoms with Gasteiger partial charge >= 0.3 is 0 Å². The third-order valence-corrected chi connectivity index (χ3v) is 6.60. The molecule has 2 aromatic carbocycles. The van der Waals surface area contributed by atoms with Gasteiger partial charge in [-0.05, 0) is 71.1 Å². The Morgan fingerprint density at radius 2 is 1.63 bits per heavy atom. The minimum absolute atomic E-state index is 0.0247. The second-order valence-electron chi connectivity index (χ2n) is 6.73. The van der Waals surface area contributed by atoms with Crippen LogP contribution in [0.4, 0.5) is 8.78 Å². The highest BCUT2D eigenvalue weighted by Gasteiger charge is 2.33. The van der Waals surface area contributed by atoms with E-state index in [4.69, 9.17) is 5.14 Å². The van der Waals surface area contributed by atoms with Gasteiger partial charge in [-0.15, -0.1) is 0 Å². The number of rotatable bonds is 3. The van der Waals surface area contributed by atoms with Crippen LogP contribution < -0.4 is 5.14 Å². The highest BCUT2D eigenvalue weighted by molar-refractivity contribution is 9.10. The van der Waals surface area contributed by atoms with E-state index in [-0.39, 0.29) is 27.5 Å². The van der Waals surface area contributed by atoms with Crippen molar-refractivity contribution in [3.8, 4) is 11.5 Å². The van der Waals surface area contributed by atoms with Crippen LogP contribution in [0.5, 0.6) is 11.5 Å². The molecule has 5 nitrogen and oxygen atoms in total. The molecular formula is C18H18BrF2NO4S. The van der Waals surface area contributed by atoms with Crippen molar-refractivity contribution in [3.63, 3.8) is 0 Å². The number of hydrogen-bond donors (Lipinski definition) is 3. The molecule has 0 atom stereocenters. The zero-order valence-corrected chi connectivity index (χ0v) is 16.5. The summed E-state index contributed by atoms with van der Waals surface area (Å²) in [6.45, 7) is 0. The fraction of sp³-hybridized carbons (Fsp3) is 0.333. The molecule has 1 saturated carbocycles. The lowest BCUT2D eigenvalue weighted by molar-refractivity contribution is 0.367. The Hall–Kier alpha value is -1.71. The standard InChI is InChI=1S/C18H18BrF2NO4S/c19-13-8-14(20)18(27(22,25)26)16(17(13)21)10-3-1-9(2-4-10)12-6-5-11(23)7-15(12)24/h5-10,23-24H,1-4H2,(H2,22,25,26). The van der Waals surface area contributed by atoms with Crippen LogP contribution in [0, 0.1) is 11.6 Å². The van der Waals surface area contributed by atoms with Crippen molar-refractivity contribution in [1.82, 2.24) is 0 Å². The van der Waals surface area contributed by atoms with E-state index in [1.807, 2.05) is 0 Å². The number of nitrogens with two attached hydrogens (primary N) is 1. The average molecular weight is 462 g/mol. The fourth-order valence-corrected chi connectivity index (χ4v) is 5.13. The third kappa shape index (κ3) is 3.95. The summed E-state index contributed by atoms with van der Waals surface area (Å²) >= 11 is 2.92. The summed E-state index contributed by atoms with van der Waals surface area (Å²) in [5, 5.41) is 24.6. The van der Waals surface area contributed by atoms with Gasteiger partial charge in [-0.2, -0.15) is 0 Å². The number of hydrogen-bond acceptors (Lipinski definition) is 4. The molecular weight excluding hydrogens is 444 g/mol. The monoisotopic (exact) mass is 461 g/mol. The van der Waals surface area contributed by atoms with Gasteiger partial charge < -0.3 is 10.2 Å². The molecule has 1 aliphatic rings. The fourth-order valence-electron chi connectivity index (χ4n) is 3.82. The maximum atomic E-state index is 14.7. The number of phenolic OH excluding ortho intramolecular Hbond substituents is 2. The Labute approximate surface area is 164 Å². The minimum atomic E-state index is -4.43. The second-order valence-corrected chi connectivity index (χ2v) is 9.09. The highest BCUT2D eigenvalue weighted by Crippen LogP contribution is 2.46. The molecule has 27 heavy (non-hydrogen) atoms. The largest absolute Gasteiger partial charge is 0.508 e. The summed E-state index contributed by atoms with van der Waals surface area (Å²) in [6.07, 6.45) is 1.89. The van der Waals surface area contributed by atoms with E-state index < -0.39 is 32.5 Å². The van der Waals surface area contributed by atoms with E-state index >= 15 is 0 Å². The molecule has 0 radical (unpaired) electrons. The smallest absolute Gasteiger partial charge is 0.241 e. The van der Waals surface area contributed by atoms with Gasteiger partial charge in [-0.25, -0.2) is 22.3 Å². The first-order chi connectivity index (χ1) is 12.6. The number of benzene rings is 2. The summed E-state index contributed by atoms with van der Waals surface area (Å²) in [5.74, 6) is -2.52. The summed E-state index contributed by atoms with van der Waals surface area (Å²) in [6, 6.07) is 5.12.